The molecule has 0 unspecified atom stereocenters. The molecule has 8 saturated carbocycles. The van der Waals surface area contributed by atoms with Crippen molar-refractivity contribution in [2.24, 2.45) is 47.3 Å². The molecule has 0 saturated heterocycles. The van der Waals surface area contributed by atoms with Crippen LogP contribution in [0, 0.1) is 47.3 Å². The van der Waals surface area contributed by atoms with Gasteiger partial charge in [-0.2, -0.15) is 0 Å². The zero-order chi connectivity index (χ0) is 72.3. The summed E-state index contributed by atoms with van der Waals surface area (Å²) >= 11 is 6.82. The highest BCUT2D eigenvalue weighted by Gasteiger charge is 2.63. The average Bonchev–Trinajstić information content (AvgIpc) is 1.64. The fraction of sp³-hybridized carbons (Fsp3) is 0.200. The second-order valence-corrected chi connectivity index (χ2v) is 35.2. The molecule has 6 heteroatoms. The maximum Gasteiger partial charge on any atom is 0.0582 e. The molecule has 5 nitrogen and oxygen atoms in total. The zero-order valence-electron chi connectivity index (χ0n) is 61.9. The van der Waals surface area contributed by atoms with Gasteiger partial charge in [-0.15, -0.1) is 0 Å². The third-order valence-corrected chi connectivity index (χ3v) is 30.1. The minimum absolute atomic E-state index is 0.0433. The Labute approximate surface area is 649 Å². The SMILES string of the molecule is Clc1ccc2c(c1)-n1c3ccc(-n4c5ccccc5c5ccccc54)cc3c3cccc(c31)C21C2CC3CC(C2)CC1C3.c1ccc2c(c1)Cc1ccccc1-2.c1ccc2c(c1)c1ccccc1n2-c1ccc2c(c1)-n1c3ccc(-n4c5ccccc5c5ccccc54)cc3c3cccc(c31)C21C2CC3CC(C2)CC1C3. The molecule has 0 radical (unpaired) electrons. The maximum atomic E-state index is 6.82. The molecule has 0 atom stereocenters. The summed E-state index contributed by atoms with van der Waals surface area (Å²) in [4.78, 5) is 0. The summed E-state index contributed by atoms with van der Waals surface area (Å²) in [5.74, 6) is 6.44. The van der Waals surface area contributed by atoms with Crippen LogP contribution in [0.2, 0.25) is 5.02 Å². The van der Waals surface area contributed by atoms with Gasteiger partial charge in [-0.1, -0.05) is 218 Å². The van der Waals surface area contributed by atoms with Crippen LogP contribution >= 0.6 is 11.6 Å². The van der Waals surface area contributed by atoms with Crippen LogP contribution in [0.4, 0.5) is 0 Å². The molecule has 11 aliphatic rings. The molecule has 30 rings (SSSR count). The van der Waals surface area contributed by atoms with Gasteiger partial charge in [0.15, 0.2) is 0 Å². The highest BCUT2D eigenvalue weighted by Crippen LogP contribution is 2.70. The zero-order valence-corrected chi connectivity index (χ0v) is 62.6. The Morgan fingerprint density at radius 1 is 0.234 bits per heavy atom. The minimum Gasteiger partial charge on any atom is -0.309 e. The van der Waals surface area contributed by atoms with E-state index in [1.165, 1.54) is 229 Å². The Bertz CT molecular complexity index is 7000. The van der Waals surface area contributed by atoms with Crippen molar-refractivity contribution < 1.29 is 0 Å². The van der Waals surface area contributed by atoms with Gasteiger partial charge < -0.3 is 22.8 Å². The normalized spacial score (nSPS) is 23.6. The van der Waals surface area contributed by atoms with Gasteiger partial charge in [0.05, 0.1) is 66.5 Å². The van der Waals surface area contributed by atoms with E-state index in [9.17, 15) is 0 Å². The van der Waals surface area contributed by atoms with Crippen LogP contribution < -0.4 is 0 Å². The highest BCUT2D eigenvalue weighted by atomic mass is 35.5. The van der Waals surface area contributed by atoms with Gasteiger partial charge >= 0.3 is 0 Å². The van der Waals surface area contributed by atoms with E-state index in [4.69, 9.17) is 11.6 Å². The molecular formula is C105H80ClN5. The number of aromatic nitrogens is 5. The first kappa shape index (κ1) is 62.2. The number of hydrogen-bond acceptors (Lipinski definition) is 0. The molecule has 0 N–H and O–H groups in total. The second-order valence-electron chi connectivity index (χ2n) is 34.8. The lowest BCUT2D eigenvalue weighted by atomic mass is 9.41. The van der Waals surface area contributed by atoms with Crippen LogP contribution in [0.25, 0.3) is 149 Å². The topological polar surface area (TPSA) is 24.6 Å². The van der Waals surface area contributed by atoms with Gasteiger partial charge in [-0.3, -0.25) is 0 Å². The number of hydrogen-bond donors (Lipinski definition) is 0. The minimum atomic E-state index is 0.0433. The monoisotopic (exact) mass is 1450 g/mol. The second kappa shape index (κ2) is 22.8. The van der Waals surface area contributed by atoms with Crippen LogP contribution in [0.1, 0.15) is 97.6 Å². The van der Waals surface area contributed by atoms with E-state index < -0.39 is 0 Å². The number of nitrogens with zero attached hydrogens (tertiary/aromatic N) is 5. The molecule has 8 fully saturated rings. The summed E-state index contributed by atoms with van der Waals surface area (Å²) in [5, 5.41) is 14.1. The predicted octanol–water partition coefficient (Wildman–Crippen LogP) is 26.9. The number of halogens is 1. The van der Waals surface area contributed by atoms with Gasteiger partial charge in [-0.25, -0.2) is 0 Å². The summed E-state index contributed by atoms with van der Waals surface area (Å²) in [7, 11) is 0. The van der Waals surface area contributed by atoms with Gasteiger partial charge in [0.25, 0.3) is 0 Å². The van der Waals surface area contributed by atoms with Crippen molar-refractivity contribution in [1.29, 1.82) is 0 Å². The van der Waals surface area contributed by atoms with Crippen molar-refractivity contribution in [3.05, 3.63) is 342 Å². The Balaban J connectivity index is 0.000000108. The smallest absolute Gasteiger partial charge is 0.0582 e. The highest BCUT2D eigenvalue weighted by molar-refractivity contribution is 6.31. The quantitative estimate of drug-likeness (QED) is 0.168. The lowest BCUT2D eigenvalue weighted by Crippen LogP contribution is -2.57. The van der Waals surface area contributed by atoms with Crippen molar-refractivity contribution >= 4 is 121 Å². The number of fused-ring (bicyclic) bond motifs is 22. The molecule has 2 aliphatic heterocycles. The van der Waals surface area contributed by atoms with E-state index in [0.29, 0.717) is 23.7 Å². The van der Waals surface area contributed by atoms with E-state index in [0.717, 1.165) is 35.1 Å². The molecule has 111 heavy (non-hydrogen) atoms. The summed E-state index contributed by atoms with van der Waals surface area (Å²) in [5.41, 5.74) is 31.5. The van der Waals surface area contributed by atoms with Crippen molar-refractivity contribution in [2.45, 2.75) is 81.5 Å². The molecule has 5 aromatic heterocycles. The van der Waals surface area contributed by atoms with Crippen LogP contribution in [0.3, 0.4) is 0 Å². The molecule has 19 aromatic rings. The van der Waals surface area contributed by atoms with Crippen LogP contribution in [-0.2, 0) is 17.3 Å². The Hall–Kier alpha value is -11.6. The van der Waals surface area contributed by atoms with Crippen LogP contribution in [0.15, 0.2) is 303 Å². The Morgan fingerprint density at radius 2 is 0.541 bits per heavy atom. The van der Waals surface area contributed by atoms with Crippen LogP contribution in [0.5, 0.6) is 0 Å². The fourth-order valence-corrected chi connectivity index (χ4v) is 26.5. The first-order valence-corrected chi connectivity index (χ1v) is 41.5. The largest absolute Gasteiger partial charge is 0.309 e. The number of rotatable bonds is 3. The molecule has 7 heterocycles. The van der Waals surface area contributed by atoms with E-state index >= 15 is 0 Å². The lowest BCUT2D eigenvalue weighted by Gasteiger charge is -2.63. The molecule has 2 spiro atoms. The summed E-state index contributed by atoms with van der Waals surface area (Å²) in [6.45, 7) is 0. The van der Waals surface area contributed by atoms with E-state index in [-0.39, 0.29) is 10.8 Å². The van der Waals surface area contributed by atoms with Gasteiger partial charge in [0.2, 0.25) is 0 Å². The number of para-hydroxylation sites is 8. The standard InChI is InChI=1S/C52H39N3.C40H31ClN2.C13H10/c1-5-16-45-37(10-1)38-11-2-6-17-46(38)53(45)35-21-23-49-42(29-35)41-14-9-15-44-51(41)55(49)50-30-36(54-47-18-7-3-12-39(47)40-13-4-8-19-48(40)54)20-22-43(50)52(44)33-25-31-24-32(27-33)28-34(52)26-31;41-27-12-14-33-38(21-27)43-37-15-13-28(42-35-10-3-1-6-29(35)30-7-2-4-11-36(30)42)22-32(37)31-8-5-9-34(39(31)43)40(33)25-17-23-16-24(19-25)20-26(40)18-23;1-3-7-12-10(5-1)9-11-6-2-4-8-13(11)12/h1-23,29-34H,24-28H2;1-15,21-26H,16-20H2;1-8H,9H2. The van der Waals surface area contributed by atoms with Crippen molar-refractivity contribution in [3.8, 4) is 39.6 Å². The van der Waals surface area contributed by atoms with Gasteiger partial charge in [-0.05, 0) is 260 Å². The lowest BCUT2D eigenvalue weighted by molar-refractivity contribution is -0.0418. The first-order valence-electron chi connectivity index (χ1n) is 41.1. The summed E-state index contributed by atoms with van der Waals surface area (Å²) < 4.78 is 12.7. The van der Waals surface area contributed by atoms with Crippen LogP contribution in [-0.4, -0.2) is 22.8 Å². The van der Waals surface area contributed by atoms with E-state index in [2.05, 4.69) is 326 Å². The molecule has 532 valence electrons. The number of benzene rings is 14. The fourth-order valence-electron chi connectivity index (χ4n) is 26.4. The Kier molecular flexibility index (Phi) is 12.8. The third kappa shape index (κ3) is 8.27. The van der Waals surface area contributed by atoms with Gasteiger partial charge in [0.1, 0.15) is 0 Å². The van der Waals surface area contributed by atoms with Crippen molar-refractivity contribution in [2.75, 3.05) is 0 Å². The molecule has 8 bridgehead atoms. The van der Waals surface area contributed by atoms with Gasteiger partial charge in [0, 0.05) is 86.8 Å². The van der Waals surface area contributed by atoms with Crippen molar-refractivity contribution in [1.82, 2.24) is 22.8 Å². The average molecular weight is 1450 g/mol. The summed E-state index contributed by atoms with van der Waals surface area (Å²) in [6, 6.07) is 114. The van der Waals surface area contributed by atoms with E-state index in [1.807, 2.05) is 0 Å². The summed E-state index contributed by atoms with van der Waals surface area (Å²) in [6.07, 6.45) is 15.0. The molecular weight excluding hydrogens is 1370 g/mol. The maximum absolute atomic E-state index is 6.82. The molecule has 14 aromatic carbocycles. The Morgan fingerprint density at radius 3 is 0.928 bits per heavy atom. The van der Waals surface area contributed by atoms with Crippen molar-refractivity contribution in [3.63, 3.8) is 0 Å². The predicted molar refractivity (Wildman–Crippen MR) is 460 cm³/mol. The molecule has 9 aliphatic carbocycles. The third-order valence-electron chi connectivity index (χ3n) is 29.8. The first-order chi connectivity index (χ1) is 54.9. The molecule has 0 amide bonds. The van der Waals surface area contributed by atoms with E-state index in [1.54, 1.807) is 16.7 Å².